The molecule has 188 valence electrons. The van der Waals surface area contributed by atoms with E-state index in [-0.39, 0.29) is 16.1 Å². The highest BCUT2D eigenvalue weighted by Gasteiger charge is 2.28. The fourth-order valence-corrected chi connectivity index (χ4v) is 4.90. The minimum atomic E-state index is 0.0872. The number of aromatic nitrogens is 4. The van der Waals surface area contributed by atoms with Gasteiger partial charge in [-0.2, -0.15) is 12.6 Å². The van der Waals surface area contributed by atoms with Crippen LogP contribution < -0.4 is 0 Å². The van der Waals surface area contributed by atoms with Gasteiger partial charge in [0.25, 0.3) is 0 Å². The molecule has 0 bridgehead atoms. The molecule has 1 aliphatic heterocycles. The first kappa shape index (κ1) is 27.1. The highest BCUT2D eigenvalue weighted by Crippen LogP contribution is 2.38. The Hall–Kier alpha value is -2.47. The lowest BCUT2D eigenvalue weighted by Crippen LogP contribution is -2.22. The third kappa shape index (κ3) is 7.26. The topological polar surface area (TPSA) is 54.8 Å². The monoisotopic (exact) mass is 491 g/mol. The predicted molar refractivity (Wildman–Crippen MR) is 149 cm³/mol. The lowest BCUT2D eigenvalue weighted by Gasteiger charge is -2.32. The Morgan fingerprint density at radius 1 is 1.00 bits per heavy atom. The molecule has 0 amide bonds. The van der Waals surface area contributed by atoms with Gasteiger partial charge in [-0.25, -0.2) is 0 Å². The van der Waals surface area contributed by atoms with Crippen molar-refractivity contribution in [3.8, 4) is 11.4 Å². The number of benzene rings is 1. The highest BCUT2D eigenvalue weighted by molar-refractivity contribution is 7.81. The molecule has 1 aliphatic rings. The first-order valence-corrected chi connectivity index (χ1v) is 13.0. The second-order valence-electron chi connectivity index (χ2n) is 11.4. The Morgan fingerprint density at radius 2 is 1.63 bits per heavy atom. The number of rotatable bonds is 11. The first-order valence-electron chi connectivity index (χ1n) is 12.5. The molecule has 0 aliphatic carbocycles. The Labute approximate surface area is 217 Å². The van der Waals surface area contributed by atoms with Crippen LogP contribution in [0.5, 0.6) is 0 Å². The molecule has 1 saturated heterocycles. The van der Waals surface area contributed by atoms with Crippen molar-refractivity contribution in [2.24, 2.45) is 5.41 Å². The second kappa shape index (κ2) is 11.1. The number of aryl methyl sites for hydroxylation is 1. The minimum Gasteiger partial charge on any atom is -0.345 e. The van der Waals surface area contributed by atoms with Crippen molar-refractivity contribution in [3.05, 3.63) is 72.4 Å². The van der Waals surface area contributed by atoms with Crippen molar-refractivity contribution in [2.45, 2.75) is 83.8 Å². The van der Waals surface area contributed by atoms with E-state index >= 15 is 0 Å². The highest BCUT2D eigenvalue weighted by atomic mass is 32.1. The van der Waals surface area contributed by atoms with Crippen molar-refractivity contribution in [3.63, 3.8) is 0 Å². The number of nitrogens with zero attached hydrogens (tertiary/aromatic N) is 5. The Balaban J connectivity index is 1.47. The van der Waals surface area contributed by atoms with Crippen molar-refractivity contribution in [1.29, 1.82) is 0 Å². The van der Waals surface area contributed by atoms with Crippen LogP contribution in [0.3, 0.4) is 0 Å². The average molecular weight is 492 g/mol. The zero-order valence-electron chi connectivity index (χ0n) is 22.1. The number of likely N-dealkylation sites (tertiary alicyclic amines) is 1. The Bertz CT molecular complexity index is 1050. The molecule has 1 aromatic carbocycles. The zero-order chi connectivity index (χ0) is 25.8. The van der Waals surface area contributed by atoms with E-state index in [1.165, 1.54) is 24.0 Å². The summed E-state index contributed by atoms with van der Waals surface area (Å²) in [4.78, 5) is 2.19. The summed E-state index contributed by atoms with van der Waals surface area (Å²) in [7, 11) is 0. The standard InChI is InChI=1S/C29H41N5S/c1-20(19-34-21(2)18-26(35)22(34)3)10-9-15-28(5,6)16-17-29(7,8)25-13-11-24(12-14-25)27-32-30-23(4)31-33-27/h11-14,26,35H,1-3,9-10,15-19H2,4-8H3. The Morgan fingerprint density at radius 3 is 2.20 bits per heavy atom. The molecule has 0 saturated carbocycles. The van der Waals surface area contributed by atoms with Crippen LogP contribution in [0.4, 0.5) is 0 Å². The molecule has 1 aromatic heterocycles. The van der Waals surface area contributed by atoms with Crippen LogP contribution in [0.2, 0.25) is 0 Å². The number of thiol groups is 1. The van der Waals surface area contributed by atoms with E-state index in [1.807, 2.05) is 0 Å². The maximum Gasteiger partial charge on any atom is 0.203 e. The van der Waals surface area contributed by atoms with Gasteiger partial charge in [0.2, 0.25) is 5.82 Å². The van der Waals surface area contributed by atoms with Gasteiger partial charge in [-0.15, -0.1) is 20.4 Å². The van der Waals surface area contributed by atoms with Gasteiger partial charge in [0.15, 0.2) is 5.82 Å². The molecule has 2 aromatic rings. The smallest absolute Gasteiger partial charge is 0.203 e. The van der Waals surface area contributed by atoms with E-state index in [0.29, 0.717) is 11.6 Å². The summed E-state index contributed by atoms with van der Waals surface area (Å²) in [6.07, 6.45) is 6.55. The number of hydrogen-bond donors (Lipinski definition) is 1. The van der Waals surface area contributed by atoms with E-state index in [9.17, 15) is 0 Å². The van der Waals surface area contributed by atoms with Gasteiger partial charge in [-0.3, -0.25) is 0 Å². The molecule has 5 nitrogen and oxygen atoms in total. The lowest BCUT2D eigenvalue weighted by molar-refractivity contribution is 0.261. The fraction of sp³-hybridized carbons (Fsp3) is 0.517. The molecule has 1 fully saturated rings. The number of hydrogen-bond acceptors (Lipinski definition) is 6. The maximum absolute atomic E-state index is 4.59. The van der Waals surface area contributed by atoms with E-state index in [1.54, 1.807) is 6.92 Å². The second-order valence-corrected chi connectivity index (χ2v) is 12.0. The lowest BCUT2D eigenvalue weighted by atomic mass is 9.73. The molecule has 3 rings (SSSR count). The van der Waals surface area contributed by atoms with Gasteiger partial charge in [0.1, 0.15) is 0 Å². The van der Waals surface area contributed by atoms with Gasteiger partial charge in [0.05, 0.1) is 0 Å². The molecule has 0 radical (unpaired) electrons. The average Bonchev–Trinajstić information content (AvgIpc) is 3.04. The SMILES string of the molecule is C=C(CCCC(C)(C)CCC(C)(C)c1ccc(-c2nnc(C)nn2)cc1)CN1C(=C)CC(S)C1=C. The Kier molecular flexibility index (Phi) is 8.58. The quantitative estimate of drug-likeness (QED) is 0.269. The molecule has 35 heavy (non-hydrogen) atoms. The summed E-state index contributed by atoms with van der Waals surface area (Å²) in [5.74, 6) is 1.14. The van der Waals surface area contributed by atoms with Crippen molar-refractivity contribution < 1.29 is 0 Å². The molecule has 0 spiro atoms. The van der Waals surface area contributed by atoms with Crippen molar-refractivity contribution in [2.75, 3.05) is 6.54 Å². The summed E-state index contributed by atoms with van der Waals surface area (Å²) in [5, 5.41) is 16.5. The van der Waals surface area contributed by atoms with Crippen LogP contribution in [0.1, 0.15) is 77.6 Å². The van der Waals surface area contributed by atoms with Gasteiger partial charge >= 0.3 is 0 Å². The van der Waals surface area contributed by atoms with Crippen molar-refractivity contribution >= 4 is 12.6 Å². The summed E-state index contributed by atoms with van der Waals surface area (Å²) >= 11 is 4.59. The molecule has 0 N–H and O–H groups in total. The van der Waals surface area contributed by atoms with E-state index in [2.05, 4.69) is 110 Å². The van der Waals surface area contributed by atoms with Crippen LogP contribution in [-0.2, 0) is 5.41 Å². The first-order chi connectivity index (χ1) is 16.4. The van der Waals surface area contributed by atoms with E-state index in [0.717, 1.165) is 49.2 Å². The normalized spacial score (nSPS) is 16.7. The fourth-order valence-electron chi connectivity index (χ4n) is 4.55. The predicted octanol–water partition coefficient (Wildman–Crippen LogP) is 7.08. The minimum absolute atomic E-state index is 0.0872. The van der Waals surface area contributed by atoms with Crippen LogP contribution >= 0.6 is 12.6 Å². The summed E-state index contributed by atoms with van der Waals surface area (Å²) in [6.45, 7) is 24.7. The van der Waals surface area contributed by atoms with Crippen LogP contribution in [-0.4, -0.2) is 37.1 Å². The van der Waals surface area contributed by atoms with Crippen molar-refractivity contribution in [1.82, 2.24) is 25.3 Å². The van der Waals surface area contributed by atoms with Crippen LogP contribution in [0.25, 0.3) is 11.4 Å². The third-order valence-corrected chi connectivity index (χ3v) is 7.72. The van der Waals surface area contributed by atoms with Gasteiger partial charge in [-0.05, 0) is 55.4 Å². The van der Waals surface area contributed by atoms with E-state index in [4.69, 9.17) is 0 Å². The van der Waals surface area contributed by atoms with Crippen LogP contribution in [0.15, 0.2) is 61.0 Å². The number of allylic oxidation sites excluding steroid dienone is 1. The van der Waals surface area contributed by atoms with Gasteiger partial charge in [-0.1, -0.05) is 77.3 Å². The van der Waals surface area contributed by atoms with E-state index < -0.39 is 0 Å². The molecule has 1 unspecified atom stereocenters. The summed E-state index contributed by atoms with van der Waals surface area (Å²) < 4.78 is 0. The summed E-state index contributed by atoms with van der Waals surface area (Å²) in [5.41, 5.74) is 6.03. The summed E-state index contributed by atoms with van der Waals surface area (Å²) in [6, 6.07) is 8.51. The maximum atomic E-state index is 4.59. The molecule has 2 heterocycles. The zero-order valence-corrected chi connectivity index (χ0v) is 23.0. The largest absolute Gasteiger partial charge is 0.345 e. The molecular formula is C29H41N5S. The van der Waals surface area contributed by atoms with Crippen LogP contribution in [0, 0.1) is 12.3 Å². The molecular weight excluding hydrogens is 450 g/mol. The van der Waals surface area contributed by atoms with Gasteiger partial charge < -0.3 is 4.90 Å². The molecule has 1 atom stereocenters. The molecule has 6 heteroatoms. The third-order valence-electron chi connectivity index (χ3n) is 7.24. The van der Waals surface area contributed by atoms with Gasteiger partial charge in [0, 0.05) is 35.2 Å².